The minimum absolute atomic E-state index is 1.13. The van der Waals surface area contributed by atoms with Gasteiger partial charge in [-0.3, -0.25) is 0 Å². The zero-order chi connectivity index (χ0) is 12.6. The highest BCUT2D eigenvalue weighted by molar-refractivity contribution is 4.72. The lowest BCUT2D eigenvalue weighted by atomic mass is 10.1. The van der Waals surface area contributed by atoms with Gasteiger partial charge in [0, 0.05) is 0 Å². The SMILES string of the molecule is [CH2]O/C=C/CCCCCCCCCCCCC. The molecule has 17 heavy (non-hydrogen) atoms. The lowest BCUT2D eigenvalue weighted by molar-refractivity contribution is 0.391. The molecular weight excluding hydrogens is 208 g/mol. The fourth-order valence-corrected chi connectivity index (χ4v) is 2.06. The van der Waals surface area contributed by atoms with Crippen LogP contribution in [0.1, 0.15) is 84.0 Å². The van der Waals surface area contributed by atoms with Crippen LogP contribution in [0.15, 0.2) is 12.3 Å². The predicted molar refractivity (Wildman–Crippen MR) is 76.7 cm³/mol. The van der Waals surface area contributed by atoms with E-state index in [9.17, 15) is 0 Å². The molecule has 0 aliphatic carbocycles. The quantitative estimate of drug-likeness (QED) is 0.282. The first-order valence-corrected chi connectivity index (χ1v) is 7.47. The number of unbranched alkanes of at least 4 members (excludes halogenated alkanes) is 11. The normalized spacial score (nSPS) is 11.2. The lowest BCUT2D eigenvalue weighted by Crippen LogP contribution is -1.82. The number of ether oxygens (including phenoxy) is 1. The zero-order valence-corrected chi connectivity index (χ0v) is 11.8. The van der Waals surface area contributed by atoms with Gasteiger partial charge in [0.25, 0.3) is 0 Å². The third-order valence-electron chi connectivity index (χ3n) is 3.17. The second-order valence-electron chi connectivity index (χ2n) is 4.86. The van der Waals surface area contributed by atoms with Crippen LogP contribution >= 0.6 is 0 Å². The summed E-state index contributed by atoms with van der Waals surface area (Å²) in [4.78, 5) is 0. The van der Waals surface area contributed by atoms with Gasteiger partial charge in [0.1, 0.15) is 7.11 Å². The summed E-state index contributed by atoms with van der Waals surface area (Å²) in [7, 11) is 3.29. The van der Waals surface area contributed by atoms with E-state index in [1.807, 2.05) is 0 Å². The molecule has 0 fully saturated rings. The maximum atomic E-state index is 4.61. The summed E-state index contributed by atoms with van der Waals surface area (Å²) in [6.07, 6.45) is 20.3. The van der Waals surface area contributed by atoms with Gasteiger partial charge < -0.3 is 4.74 Å². The minimum Gasteiger partial charge on any atom is -0.498 e. The topological polar surface area (TPSA) is 9.23 Å². The molecule has 101 valence electrons. The van der Waals surface area contributed by atoms with Crippen molar-refractivity contribution in [1.29, 1.82) is 0 Å². The molecule has 1 nitrogen and oxygen atoms in total. The molecular formula is C16H31O. The standard InChI is InChI=1S/C16H31O/c1-3-4-5-6-7-8-9-10-11-12-13-14-15-16-17-2/h15-16H,2-14H2,1H3/b16-15+. The van der Waals surface area contributed by atoms with Crippen LogP contribution in [-0.2, 0) is 4.74 Å². The van der Waals surface area contributed by atoms with Gasteiger partial charge in [-0.2, -0.15) is 0 Å². The van der Waals surface area contributed by atoms with Crippen LogP contribution in [-0.4, -0.2) is 0 Å². The highest BCUT2D eigenvalue weighted by Gasteiger charge is 1.92. The molecule has 0 unspecified atom stereocenters. The Morgan fingerprint density at radius 2 is 1.24 bits per heavy atom. The van der Waals surface area contributed by atoms with Gasteiger partial charge in [0.05, 0.1) is 6.26 Å². The molecule has 0 atom stereocenters. The van der Waals surface area contributed by atoms with Crippen molar-refractivity contribution >= 4 is 0 Å². The van der Waals surface area contributed by atoms with Crippen molar-refractivity contribution < 1.29 is 4.74 Å². The first-order chi connectivity index (χ1) is 8.41. The van der Waals surface area contributed by atoms with Crippen molar-refractivity contribution in [3.8, 4) is 0 Å². The Morgan fingerprint density at radius 3 is 1.71 bits per heavy atom. The van der Waals surface area contributed by atoms with Gasteiger partial charge in [-0.25, -0.2) is 0 Å². The largest absolute Gasteiger partial charge is 0.498 e. The second-order valence-corrected chi connectivity index (χ2v) is 4.86. The molecule has 1 heteroatoms. The third-order valence-corrected chi connectivity index (χ3v) is 3.17. The Bertz CT molecular complexity index is 152. The van der Waals surface area contributed by atoms with E-state index < -0.39 is 0 Å². The van der Waals surface area contributed by atoms with Gasteiger partial charge in [0.15, 0.2) is 0 Å². The van der Waals surface area contributed by atoms with Crippen LogP contribution in [0.5, 0.6) is 0 Å². The summed E-state index contributed by atoms with van der Waals surface area (Å²) in [5.41, 5.74) is 0. The average Bonchev–Trinajstić information content (AvgIpc) is 2.35. The van der Waals surface area contributed by atoms with Gasteiger partial charge in [-0.1, -0.05) is 71.1 Å². The van der Waals surface area contributed by atoms with Crippen molar-refractivity contribution in [2.75, 3.05) is 0 Å². The molecule has 0 heterocycles. The Morgan fingerprint density at radius 1 is 0.765 bits per heavy atom. The van der Waals surface area contributed by atoms with Crippen LogP contribution in [0.4, 0.5) is 0 Å². The molecule has 0 aromatic heterocycles. The van der Waals surface area contributed by atoms with Gasteiger partial charge in [0.2, 0.25) is 0 Å². The van der Waals surface area contributed by atoms with Gasteiger partial charge in [-0.15, -0.1) is 0 Å². The number of rotatable bonds is 13. The summed E-state index contributed by atoms with van der Waals surface area (Å²) in [5, 5.41) is 0. The van der Waals surface area contributed by atoms with E-state index in [0.717, 1.165) is 6.42 Å². The van der Waals surface area contributed by atoms with Crippen LogP contribution in [0.2, 0.25) is 0 Å². The first kappa shape index (κ1) is 16.5. The van der Waals surface area contributed by atoms with Crippen molar-refractivity contribution in [2.45, 2.75) is 84.0 Å². The molecule has 0 bridgehead atoms. The maximum Gasteiger partial charge on any atom is 0.121 e. The smallest absolute Gasteiger partial charge is 0.121 e. The zero-order valence-electron chi connectivity index (χ0n) is 11.8. The highest BCUT2D eigenvalue weighted by Crippen LogP contribution is 2.11. The van der Waals surface area contributed by atoms with Crippen molar-refractivity contribution in [2.24, 2.45) is 0 Å². The molecule has 0 N–H and O–H groups in total. The van der Waals surface area contributed by atoms with Crippen molar-refractivity contribution in [1.82, 2.24) is 0 Å². The molecule has 0 spiro atoms. The monoisotopic (exact) mass is 239 g/mol. The van der Waals surface area contributed by atoms with E-state index in [0.29, 0.717) is 0 Å². The second kappa shape index (κ2) is 15.5. The third kappa shape index (κ3) is 15.5. The Labute approximate surface area is 109 Å². The molecule has 0 aliphatic rings. The van der Waals surface area contributed by atoms with E-state index in [4.69, 9.17) is 0 Å². The van der Waals surface area contributed by atoms with Crippen LogP contribution < -0.4 is 0 Å². The fourth-order valence-electron chi connectivity index (χ4n) is 2.06. The Hall–Kier alpha value is -0.460. The van der Waals surface area contributed by atoms with Crippen LogP contribution in [0, 0.1) is 7.11 Å². The van der Waals surface area contributed by atoms with E-state index >= 15 is 0 Å². The molecule has 0 aromatic carbocycles. The summed E-state index contributed by atoms with van der Waals surface area (Å²) in [6.45, 7) is 2.28. The summed E-state index contributed by atoms with van der Waals surface area (Å²) < 4.78 is 4.61. The maximum absolute atomic E-state index is 4.61. The summed E-state index contributed by atoms with van der Waals surface area (Å²) >= 11 is 0. The Kier molecular flexibility index (Phi) is 15.1. The molecule has 0 saturated heterocycles. The number of hydrogen-bond acceptors (Lipinski definition) is 1. The fraction of sp³-hybridized carbons (Fsp3) is 0.812. The summed E-state index contributed by atoms with van der Waals surface area (Å²) in [5.74, 6) is 0. The molecule has 0 aliphatic heterocycles. The molecule has 0 aromatic rings. The number of allylic oxidation sites excluding steroid dienone is 1. The first-order valence-electron chi connectivity index (χ1n) is 7.47. The van der Waals surface area contributed by atoms with Crippen molar-refractivity contribution in [3.63, 3.8) is 0 Å². The van der Waals surface area contributed by atoms with Crippen LogP contribution in [0.3, 0.4) is 0 Å². The van der Waals surface area contributed by atoms with E-state index in [1.165, 1.54) is 70.6 Å². The predicted octanol–water partition coefficient (Wildman–Crippen LogP) is 6.01. The van der Waals surface area contributed by atoms with E-state index in [-0.39, 0.29) is 0 Å². The van der Waals surface area contributed by atoms with Crippen molar-refractivity contribution in [3.05, 3.63) is 19.4 Å². The highest BCUT2D eigenvalue weighted by atomic mass is 16.5. The number of hydrogen-bond donors (Lipinski definition) is 0. The van der Waals surface area contributed by atoms with E-state index in [1.54, 1.807) is 6.26 Å². The van der Waals surface area contributed by atoms with Gasteiger partial charge >= 0.3 is 0 Å². The Balaban J connectivity index is 2.91. The minimum atomic E-state index is 1.13. The lowest BCUT2D eigenvalue weighted by Gasteiger charge is -2.01. The average molecular weight is 239 g/mol. The van der Waals surface area contributed by atoms with E-state index in [2.05, 4.69) is 24.8 Å². The van der Waals surface area contributed by atoms with Crippen LogP contribution in [0.25, 0.3) is 0 Å². The molecule has 1 radical (unpaired) electrons. The summed E-state index contributed by atoms with van der Waals surface area (Å²) in [6, 6.07) is 0. The van der Waals surface area contributed by atoms with Gasteiger partial charge in [-0.05, 0) is 18.9 Å². The molecule has 0 amide bonds. The molecule has 0 rings (SSSR count). The molecule has 0 saturated carbocycles.